The highest BCUT2D eigenvalue weighted by atomic mass is 35.5. The molecule has 1 amide bonds. The first-order valence-electron chi connectivity index (χ1n) is 8.94. The number of halogens is 1. The van der Waals surface area contributed by atoms with Crippen molar-refractivity contribution in [2.75, 3.05) is 13.1 Å². The quantitative estimate of drug-likeness (QED) is 0.687. The van der Waals surface area contributed by atoms with Crippen molar-refractivity contribution in [1.29, 1.82) is 0 Å². The van der Waals surface area contributed by atoms with Crippen molar-refractivity contribution in [1.82, 2.24) is 20.1 Å². The highest BCUT2D eigenvalue weighted by Gasteiger charge is 2.28. The zero-order valence-electron chi connectivity index (χ0n) is 14.7. The summed E-state index contributed by atoms with van der Waals surface area (Å²) in [5.74, 6) is 1.57. The molecule has 2 aromatic heterocycles. The molecule has 0 N–H and O–H groups in total. The van der Waals surface area contributed by atoms with E-state index < -0.39 is 0 Å². The van der Waals surface area contributed by atoms with E-state index in [1.807, 2.05) is 29.2 Å². The molecule has 0 saturated carbocycles. The zero-order chi connectivity index (χ0) is 18.6. The molecule has 0 radical (unpaired) electrons. The Morgan fingerprint density at radius 2 is 2.19 bits per heavy atom. The summed E-state index contributed by atoms with van der Waals surface area (Å²) >= 11 is 6.04. The first-order valence-corrected chi connectivity index (χ1v) is 9.32. The normalized spacial score (nSPS) is 17.1. The van der Waals surface area contributed by atoms with Gasteiger partial charge in [0.05, 0.1) is 30.1 Å². The number of amides is 1. The summed E-state index contributed by atoms with van der Waals surface area (Å²) in [5, 5.41) is 8.22. The highest BCUT2D eigenvalue weighted by Crippen LogP contribution is 2.28. The SMILES string of the molecule is O=C(c1ccnnc1)N1CCCC(c2ncc(Cc3cccc(Cl)c3)o2)C1. The topological polar surface area (TPSA) is 72.1 Å². The number of hydrogen-bond acceptors (Lipinski definition) is 5. The van der Waals surface area contributed by atoms with E-state index in [0.29, 0.717) is 29.4 Å². The van der Waals surface area contributed by atoms with E-state index in [1.165, 1.54) is 12.4 Å². The molecular formula is C20H19ClN4O2. The van der Waals surface area contributed by atoms with E-state index >= 15 is 0 Å². The second kappa shape index (κ2) is 7.88. The van der Waals surface area contributed by atoms with Crippen molar-refractivity contribution < 1.29 is 9.21 Å². The fourth-order valence-corrected chi connectivity index (χ4v) is 3.62. The zero-order valence-corrected chi connectivity index (χ0v) is 15.5. The van der Waals surface area contributed by atoms with Crippen LogP contribution in [0.3, 0.4) is 0 Å². The number of benzene rings is 1. The molecule has 3 aromatic rings. The minimum atomic E-state index is -0.0275. The molecule has 138 valence electrons. The van der Waals surface area contributed by atoms with Crippen LogP contribution in [0.15, 0.2) is 53.3 Å². The van der Waals surface area contributed by atoms with E-state index in [4.69, 9.17) is 16.0 Å². The van der Waals surface area contributed by atoms with Crippen LogP contribution in [0.1, 0.15) is 46.3 Å². The maximum atomic E-state index is 12.6. The monoisotopic (exact) mass is 382 g/mol. The standard InChI is InChI=1S/C20H19ClN4O2/c21-17-5-1-3-14(9-17)10-18-12-22-19(27-18)16-4-2-8-25(13-16)20(26)15-6-7-23-24-11-15/h1,3,5-7,9,11-12,16H,2,4,8,10,13H2. The molecule has 3 heterocycles. The molecule has 27 heavy (non-hydrogen) atoms. The van der Waals surface area contributed by atoms with Crippen LogP contribution in [0.2, 0.25) is 5.02 Å². The Balaban J connectivity index is 1.44. The number of likely N-dealkylation sites (tertiary alicyclic amines) is 1. The number of carbonyl (C=O) groups is 1. The van der Waals surface area contributed by atoms with Gasteiger partial charge in [-0.05, 0) is 36.6 Å². The summed E-state index contributed by atoms with van der Waals surface area (Å²) in [6.07, 6.45) is 7.32. The molecule has 1 atom stereocenters. The minimum Gasteiger partial charge on any atom is -0.445 e. The molecular weight excluding hydrogens is 364 g/mol. The lowest BCUT2D eigenvalue weighted by Gasteiger charge is -2.31. The molecule has 1 unspecified atom stereocenters. The molecule has 1 aromatic carbocycles. The third kappa shape index (κ3) is 4.17. The van der Waals surface area contributed by atoms with Crippen molar-refractivity contribution in [3.05, 3.63) is 76.7 Å². The third-order valence-electron chi connectivity index (χ3n) is 4.73. The van der Waals surface area contributed by atoms with E-state index in [1.54, 1.807) is 12.3 Å². The largest absolute Gasteiger partial charge is 0.445 e. The predicted octanol–water partition coefficient (Wildman–Crippen LogP) is 3.73. The first-order chi connectivity index (χ1) is 13.2. The van der Waals surface area contributed by atoms with Gasteiger partial charge in [0.15, 0.2) is 5.89 Å². The average molecular weight is 383 g/mol. The van der Waals surface area contributed by atoms with Crippen molar-refractivity contribution in [2.24, 2.45) is 0 Å². The smallest absolute Gasteiger partial charge is 0.255 e. The Morgan fingerprint density at radius 3 is 3.00 bits per heavy atom. The van der Waals surface area contributed by atoms with Gasteiger partial charge in [-0.2, -0.15) is 10.2 Å². The van der Waals surface area contributed by atoms with Crippen molar-refractivity contribution in [3.63, 3.8) is 0 Å². The lowest BCUT2D eigenvalue weighted by molar-refractivity contribution is 0.0697. The number of aromatic nitrogens is 3. The Morgan fingerprint density at radius 1 is 1.26 bits per heavy atom. The fraction of sp³-hybridized carbons (Fsp3) is 0.300. The van der Waals surface area contributed by atoms with Crippen molar-refractivity contribution in [2.45, 2.75) is 25.2 Å². The van der Waals surface area contributed by atoms with Gasteiger partial charge in [-0.1, -0.05) is 23.7 Å². The molecule has 6 nitrogen and oxygen atoms in total. The van der Waals surface area contributed by atoms with Gasteiger partial charge in [0.25, 0.3) is 5.91 Å². The number of nitrogens with zero attached hydrogens (tertiary/aromatic N) is 4. The van der Waals surface area contributed by atoms with Crippen LogP contribution in [-0.2, 0) is 6.42 Å². The minimum absolute atomic E-state index is 0.0275. The van der Waals surface area contributed by atoms with E-state index in [2.05, 4.69) is 15.2 Å². The molecule has 0 spiro atoms. The molecule has 7 heteroatoms. The molecule has 0 aliphatic carbocycles. The van der Waals surface area contributed by atoms with Crippen molar-refractivity contribution >= 4 is 17.5 Å². The lowest BCUT2D eigenvalue weighted by Crippen LogP contribution is -2.39. The average Bonchev–Trinajstić information content (AvgIpc) is 3.17. The van der Waals surface area contributed by atoms with Crippen LogP contribution in [0, 0.1) is 0 Å². The number of piperidine rings is 1. The summed E-state index contributed by atoms with van der Waals surface area (Å²) in [4.78, 5) is 19.0. The van der Waals surface area contributed by atoms with Gasteiger partial charge < -0.3 is 9.32 Å². The first kappa shape index (κ1) is 17.7. The lowest BCUT2D eigenvalue weighted by atomic mass is 9.97. The van der Waals surface area contributed by atoms with E-state index in [-0.39, 0.29) is 11.8 Å². The summed E-state index contributed by atoms with van der Waals surface area (Å²) in [7, 11) is 0. The van der Waals surface area contributed by atoms with Gasteiger partial charge >= 0.3 is 0 Å². The summed E-state index contributed by atoms with van der Waals surface area (Å²) in [6.45, 7) is 1.33. The maximum Gasteiger partial charge on any atom is 0.255 e. The number of hydrogen-bond donors (Lipinski definition) is 0. The number of rotatable bonds is 4. The highest BCUT2D eigenvalue weighted by molar-refractivity contribution is 6.30. The Bertz CT molecular complexity index is 928. The number of oxazole rings is 1. The predicted molar refractivity (Wildman–Crippen MR) is 101 cm³/mol. The van der Waals surface area contributed by atoms with Crippen LogP contribution < -0.4 is 0 Å². The van der Waals surface area contributed by atoms with E-state index in [9.17, 15) is 4.79 Å². The molecule has 1 aliphatic rings. The van der Waals surface area contributed by atoms with Gasteiger partial charge in [0.2, 0.25) is 0 Å². The molecule has 1 saturated heterocycles. The fourth-order valence-electron chi connectivity index (χ4n) is 3.40. The van der Waals surface area contributed by atoms with Gasteiger partial charge in [-0.3, -0.25) is 4.79 Å². The summed E-state index contributed by atoms with van der Waals surface area (Å²) in [5.41, 5.74) is 1.63. The Labute approximate surface area is 162 Å². The van der Waals surface area contributed by atoms with Crippen LogP contribution in [0.25, 0.3) is 0 Å². The second-order valence-electron chi connectivity index (χ2n) is 6.69. The van der Waals surface area contributed by atoms with Crippen LogP contribution in [0.5, 0.6) is 0 Å². The number of carbonyl (C=O) groups excluding carboxylic acids is 1. The summed E-state index contributed by atoms with van der Waals surface area (Å²) < 4.78 is 5.99. The Hall–Kier alpha value is -2.73. The van der Waals surface area contributed by atoms with Gasteiger partial charge in [-0.15, -0.1) is 0 Å². The van der Waals surface area contributed by atoms with Crippen molar-refractivity contribution in [3.8, 4) is 0 Å². The van der Waals surface area contributed by atoms with E-state index in [0.717, 1.165) is 30.7 Å². The van der Waals surface area contributed by atoms with Crippen LogP contribution in [0.4, 0.5) is 0 Å². The second-order valence-corrected chi connectivity index (χ2v) is 7.13. The van der Waals surface area contributed by atoms with Gasteiger partial charge in [0.1, 0.15) is 5.76 Å². The molecule has 1 aliphatic heterocycles. The molecule has 0 bridgehead atoms. The molecule has 4 rings (SSSR count). The summed E-state index contributed by atoms with van der Waals surface area (Å²) in [6, 6.07) is 9.40. The molecule has 1 fully saturated rings. The third-order valence-corrected chi connectivity index (χ3v) is 4.96. The van der Waals surface area contributed by atoms with Crippen LogP contribution in [-0.4, -0.2) is 39.1 Å². The van der Waals surface area contributed by atoms with Crippen LogP contribution >= 0.6 is 11.6 Å². The maximum absolute atomic E-state index is 12.6. The Kier molecular flexibility index (Phi) is 5.16. The van der Waals surface area contributed by atoms with Gasteiger partial charge in [0, 0.05) is 24.5 Å². The van der Waals surface area contributed by atoms with Gasteiger partial charge in [-0.25, -0.2) is 4.98 Å².